The second-order valence-electron chi connectivity index (χ2n) is 8.06. The highest BCUT2D eigenvalue weighted by molar-refractivity contribution is 5.96. The fourth-order valence-electron chi connectivity index (χ4n) is 4.57. The highest BCUT2D eigenvalue weighted by atomic mass is 16.2. The molecule has 1 unspecified atom stereocenters. The summed E-state index contributed by atoms with van der Waals surface area (Å²) in [6, 6.07) is 11.1. The van der Waals surface area contributed by atoms with Crippen LogP contribution in [0.2, 0.25) is 0 Å². The SMILES string of the molecule is CC[N+](=C=O)c1ccc2c(c1)CCc1cc(C(=O)N(C)C)ccc1C2(CCN)C(N)=O. The number of hydrogen-bond acceptors (Lipinski definition) is 4. The van der Waals surface area contributed by atoms with Crippen molar-refractivity contribution in [3.63, 3.8) is 0 Å². The lowest BCUT2D eigenvalue weighted by Gasteiger charge is -2.33. The number of nitrogens with two attached hydrogens (primary N) is 2. The summed E-state index contributed by atoms with van der Waals surface area (Å²) in [4.78, 5) is 38.4. The lowest BCUT2D eigenvalue weighted by atomic mass is 9.69. The number of fused-ring (bicyclic) bond motifs is 2. The molecule has 0 aliphatic heterocycles. The van der Waals surface area contributed by atoms with Crippen LogP contribution in [0.5, 0.6) is 0 Å². The summed E-state index contributed by atoms with van der Waals surface area (Å²) in [5.74, 6) is -0.577. The number of benzene rings is 2. The van der Waals surface area contributed by atoms with E-state index in [9.17, 15) is 14.4 Å². The third-order valence-corrected chi connectivity index (χ3v) is 6.11. The summed E-state index contributed by atoms with van der Waals surface area (Å²) < 4.78 is 1.49. The molecular formula is C24H29N4O3+. The molecule has 2 aromatic rings. The number of nitrogens with zero attached hydrogens (tertiary/aromatic N) is 2. The van der Waals surface area contributed by atoms with Gasteiger partial charge in [0.15, 0.2) is 6.54 Å². The van der Waals surface area contributed by atoms with Gasteiger partial charge in [-0.3, -0.25) is 9.59 Å². The zero-order valence-electron chi connectivity index (χ0n) is 18.3. The number of isocyanates is 1. The molecule has 7 heteroatoms. The van der Waals surface area contributed by atoms with Crippen LogP contribution in [0.1, 0.15) is 46.0 Å². The summed E-state index contributed by atoms with van der Waals surface area (Å²) in [5, 5.41) is 0. The van der Waals surface area contributed by atoms with Crippen molar-refractivity contribution in [1.82, 2.24) is 4.90 Å². The van der Waals surface area contributed by atoms with Crippen molar-refractivity contribution in [2.24, 2.45) is 11.5 Å². The van der Waals surface area contributed by atoms with Gasteiger partial charge in [-0.05, 0) is 67.1 Å². The Balaban J connectivity index is 2.28. The number of aryl methyl sites for hydroxylation is 2. The molecule has 0 bridgehead atoms. The molecular weight excluding hydrogens is 392 g/mol. The van der Waals surface area contributed by atoms with E-state index >= 15 is 0 Å². The molecule has 0 fully saturated rings. The Morgan fingerprint density at radius 2 is 1.71 bits per heavy atom. The number of hydrogen-bond donors (Lipinski definition) is 2. The standard InChI is InChI=1S/C24H28N4O3/c1-4-28(15-29)19-8-10-21-17(14-19)6-5-16-13-18(22(30)27(2)3)7-9-20(16)24(21,11-12-25)23(26)31/h7-10,13-14H,4-6,11-12,25H2,1-3H3,(H-,26,31)/p+1. The van der Waals surface area contributed by atoms with Crippen molar-refractivity contribution >= 4 is 23.6 Å². The van der Waals surface area contributed by atoms with Crippen molar-refractivity contribution in [1.29, 1.82) is 0 Å². The van der Waals surface area contributed by atoms with Crippen molar-refractivity contribution in [3.8, 4) is 0 Å². The smallest absolute Gasteiger partial charge is 0.369 e. The third kappa shape index (κ3) is 3.78. The molecule has 0 spiro atoms. The normalized spacial score (nSPS) is 17.0. The highest BCUT2D eigenvalue weighted by Crippen LogP contribution is 2.43. The van der Waals surface area contributed by atoms with Gasteiger partial charge in [0.2, 0.25) is 11.6 Å². The van der Waals surface area contributed by atoms with E-state index < -0.39 is 11.3 Å². The minimum absolute atomic E-state index is 0.101. The average Bonchev–Trinajstić information content (AvgIpc) is 2.89. The van der Waals surface area contributed by atoms with Crippen LogP contribution in [0.3, 0.4) is 0 Å². The Labute approximate surface area is 182 Å². The van der Waals surface area contributed by atoms with Crippen LogP contribution in [0.4, 0.5) is 5.69 Å². The number of primary amides is 1. The fraction of sp³-hybridized carbons (Fsp3) is 0.375. The molecule has 1 atom stereocenters. The minimum Gasteiger partial charge on any atom is -0.369 e. The molecule has 162 valence electrons. The second-order valence-corrected chi connectivity index (χ2v) is 8.06. The van der Waals surface area contributed by atoms with Gasteiger partial charge in [0.05, 0.1) is 0 Å². The van der Waals surface area contributed by atoms with Gasteiger partial charge in [-0.1, -0.05) is 12.1 Å². The van der Waals surface area contributed by atoms with E-state index in [1.54, 1.807) is 20.2 Å². The lowest BCUT2D eigenvalue weighted by Crippen LogP contribution is -2.44. The highest BCUT2D eigenvalue weighted by Gasteiger charge is 2.44. The van der Waals surface area contributed by atoms with E-state index in [2.05, 4.69) is 0 Å². The second kappa shape index (κ2) is 8.84. The van der Waals surface area contributed by atoms with Crippen LogP contribution < -0.4 is 11.5 Å². The van der Waals surface area contributed by atoms with Gasteiger partial charge in [0.1, 0.15) is 5.41 Å². The number of rotatable bonds is 6. The summed E-state index contributed by atoms with van der Waals surface area (Å²) in [6.07, 6.45) is 3.56. The first-order chi connectivity index (χ1) is 14.8. The van der Waals surface area contributed by atoms with Gasteiger partial charge in [-0.25, -0.2) is 0 Å². The average molecular weight is 422 g/mol. The summed E-state index contributed by atoms with van der Waals surface area (Å²) in [5.41, 5.74) is 15.6. The van der Waals surface area contributed by atoms with Crippen LogP contribution in [-0.2, 0) is 27.8 Å². The Morgan fingerprint density at radius 1 is 1.10 bits per heavy atom. The first-order valence-electron chi connectivity index (χ1n) is 10.4. The molecule has 0 aromatic heterocycles. The molecule has 4 N–H and O–H groups in total. The van der Waals surface area contributed by atoms with Crippen molar-refractivity contribution < 1.29 is 19.0 Å². The number of carbonyl (C=O) groups excluding carboxylic acids is 3. The van der Waals surface area contributed by atoms with E-state index in [1.165, 1.54) is 9.48 Å². The maximum absolute atomic E-state index is 13.0. The Kier molecular flexibility index (Phi) is 6.39. The van der Waals surface area contributed by atoms with Crippen LogP contribution in [-0.4, -0.2) is 54.6 Å². The molecule has 1 aliphatic carbocycles. The molecule has 31 heavy (non-hydrogen) atoms. The maximum atomic E-state index is 13.0. The number of carbonyl (C=O) groups is 2. The predicted molar refractivity (Wildman–Crippen MR) is 118 cm³/mol. The summed E-state index contributed by atoms with van der Waals surface area (Å²) >= 11 is 0. The van der Waals surface area contributed by atoms with E-state index in [4.69, 9.17) is 11.5 Å². The zero-order chi connectivity index (χ0) is 22.8. The molecule has 1 aliphatic rings. The third-order valence-electron chi connectivity index (χ3n) is 6.11. The largest absolute Gasteiger partial charge is 0.430 e. The maximum Gasteiger partial charge on any atom is 0.430 e. The summed E-state index contributed by atoms with van der Waals surface area (Å²) in [7, 11) is 3.41. The number of amides is 2. The molecule has 3 rings (SSSR count). The van der Waals surface area contributed by atoms with Gasteiger partial charge in [-0.15, -0.1) is 4.58 Å². The van der Waals surface area contributed by atoms with Gasteiger partial charge in [-0.2, -0.15) is 4.79 Å². The molecule has 0 saturated carbocycles. The van der Waals surface area contributed by atoms with Crippen LogP contribution in [0, 0.1) is 0 Å². The summed E-state index contributed by atoms with van der Waals surface area (Å²) in [6.45, 7) is 2.63. The fourth-order valence-corrected chi connectivity index (χ4v) is 4.57. The Hall–Kier alpha value is -3.28. The molecule has 2 aromatic carbocycles. The topological polar surface area (TPSA) is 110 Å². The lowest BCUT2D eigenvalue weighted by molar-refractivity contribution is -0.433. The molecule has 7 nitrogen and oxygen atoms in total. The van der Waals surface area contributed by atoms with Gasteiger partial charge in [0, 0.05) is 31.8 Å². The zero-order valence-corrected chi connectivity index (χ0v) is 18.3. The van der Waals surface area contributed by atoms with Crippen LogP contribution in [0.25, 0.3) is 0 Å². The Bertz CT molecular complexity index is 1090. The quantitative estimate of drug-likeness (QED) is 0.419. The first kappa shape index (κ1) is 22.4. The molecule has 2 amide bonds. The van der Waals surface area contributed by atoms with Crippen molar-refractivity contribution in [2.45, 2.75) is 31.6 Å². The minimum atomic E-state index is -1.10. The van der Waals surface area contributed by atoms with Gasteiger partial charge >= 0.3 is 6.08 Å². The first-order valence-corrected chi connectivity index (χ1v) is 10.4. The van der Waals surface area contributed by atoms with Crippen LogP contribution >= 0.6 is 0 Å². The van der Waals surface area contributed by atoms with Gasteiger partial charge < -0.3 is 16.4 Å². The Morgan fingerprint density at radius 3 is 2.23 bits per heavy atom. The monoisotopic (exact) mass is 421 g/mol. The van der Waals surface area contributed by atoms with Crippen molar-refractivity contribution in [3.05, 3.63) is 64.2 Å². The van der Waals surface area contributed by atoms with Gasteiger partial charge in [0.25, 0.3) is 5.91 Å². The molecule has 0 radical (unpaired) electrons. The van der Waals surface area contributed by atoms with Crippen LogP contribution in [0.15, 0.2) is 36.4 Å². The molecule has 0 saturated heterocycles. The predicted octanol–water partition coefficient (Wildman–Crippen LogP) is 1.61. The van der Waals surface area contributed by atoms with E-state index in [0.29, 0.717) is 31.4 Å². The van der Waals surface area contributed by atoms with Crippen molar-refractivity contribution in [2.75, 3.05) is 27.2 Å². The van der Waals surface area contributed by atoms with E-state index in [0.717, 1.165) is 27.9 Å². The van der Waals surface area contributed by atoms with E-state index in [-0.39, 0.29) is 12.5 Å². The van der Waals surface area contributed by atoms with E-state index in [1.807, 2.05) is 43.3 Å². The molecule has 0 heterocycles.